The Morgan fingerprint density at radius 1 is 1.08 bits per heavy atom. The van der Waals surface area contributed by atoms with Gasteiger partial charge in [-0.1, -0.05) is 72.8 Å². The summed E-state index contributed by atoms with van der Waals surface area (Å²) in [5, 5.41) is 30.9. The molecule has 2 aliphatic rings. The highest BCUT2D eigenvalue weighted by molar-refractivity contribution is 6.72. The molecule has 3 heterocycles. The van der Waals surface area contributed by atoms with Crippen molar-refractivity contribution >= 4 is 31.6 Å². The lowest BCUT2D eigenvalue weighted by atomic mass is 9.82. The van der Waals surface area contributed by atoms with Gasteiger partial charge in [-0.15, -0.1) is 5.10 Å². The van der Waals surface area contributed by atoms with Crippen molar-refractivity contribution in [3.05, 3.63) is 107 Å². The number of aliphatic hydroxyl groups excluding tert-OH is 2. The Morgan fingerprint density at radius 3 is 2.44 bits per heavy atom. The van der Waals surface area contributed by atoms with E-state index >= 15 is 4.11 Å². The van der Waals surface area contributed by atoms with Gasteiger partial charge in [0.1, 0.15) is 6.10 Å². The van der Waals surface area contributed by atoms with Gasteiger partial charge in [0.15, 0.2) is 5.60 Å². The quantitative estimate of drug-likeness (QED) is 0.149. The molecule has 0 bridgehead atoms. The third-order valence-corrected chi connectivity index (χ3v) is 12.2. The zero-order chi connectivity index (χ0) is 34.2. The molecule has 1 unspecified atom stereocenters. The Labute approximate surface area is 280 Å². The summed E-state index contributed by atoms with van der Waals surface area (Å²) in [6.07, 6.45) is 0.582. The van der Waals surface area contributed by atoms with Gasteiger partial charge in [0.05, 0.1) is 36.6 Å². The van der Waals surface area contributed by atoms with Crippen molar-refractivity contribution < 1.29 is 28.6 Å². The molecule has 3 N–H and O–H groups in total. The van der Waals surface area contributed by atoms with Crippen LogP contribution in [0.15, 0.2) is 85.1 Å². The molecule has 2 amide bonds. The second-order valence-corrected chi connectivity index (χ2v) is 17.2. The van der Waals surface area contributed by atoms with E-state index in [0.717, 1.165) is 22.4 Å². The number of para-hydroxylation sites is 1. The number of carbonyl (C=O) groups excluding carboxylic acids is 2. The normalized spacial score (nSPS) is 23.4. The Morgan fingerprint density at radius 2 is 1.77 bits per heavy atom. The first kappa shape index (κ1) is 33.7. The number of hydrogen-bond donors (Lipinski definition) is 3. The fourth-order valence-corrected chi connectivity index (χ4v) is 9.99. The van der Waals surface area contributed by atoms with Gasteiger partial charge in [-0.2, -0.15) is 0 Å². The van der Waals surface area contributed by atoms with Gasteiger partial charge in [-0.25, -0.2) is 0 Å². The van der Waals surface area contributed by atoms with Crippen molar-refractivity contribution in [2.75, 3.05) is 16.8 Å². The van der Waals surface area contributed by atoms with Gasteiger partial charge in [-0.3, -0.25) is 14.3 Å². The third-order valence-electron chi connectivity index (χ3n) is 9.75. The second-order valence-electron chi connectivity index (χ2n) is 13.4. The zero-order valence-electron chi connectivity index (χ0n) is 27.6. The van der Waals surface area contributed by atoms with Gasteiger partial charge in [0.2, 0.25) is 8.41 Å². The largest absolute Gasteiger partial charge is 0.395 e. The van der Waals surface area contributed by atoms with Crippen LogP contribution in [0.3, 0.4) is 0 Å². The maximum Gasteiger partial charge on any atom is 0.264 e. The molecule has 12 heteroatoms. The molecule has 6 atom stereocenters. The minimum Gasteiger partial charge on any atom is -0.395 e. The first-order valence-electron chi connectivity index (χ1n) is 16.4. The van der Waals surface area contributed by atoms with Crippen LogP contribution in [0.2, 0.25) is 18.6 Å². The molecule has 10 nitrogen and oxygen atoms in total. The fourth-order valence-electron chi connectivity index (χ4n) is 7.45. The Kier molecular flexibility index (Phi) is 9.36. The third kappa shape index (κ3) is 6.21. The summed E-state index contributed by atoms with van der Waals surface area (Å²) in [5.41, 5.74) is 2.64. The lowest BCUT2D eigenvalue weighted by molar-refractivity contribution is -0.146. The molecule has 2 aliphatic heterocycles. The van der Waals surface area contributed by atoms with Crippen molar-refractivity contribution in [1.82, 2.24) is 15.0 Å². The number of ether oxygens (including phenoxy) is 1. The van der Waals surface area contributed by atoms with Crippen molar-refractivity contribution in [3.8, 4) is 0 Å². The summed E-state index contributed by atoms with van der Waals surface area (Å²) in [6, 6.07) is 24.3. The number of aromatic nitrogens is 3. The number of benzene rings is 3. The fraction of sp³-hybridized carbons (Fsp3) is 0.389. The Hall–Kier alpha value is -4.23. The molecule has 4 aromatic rings. The van der Waals surface area contributed by atoms with E-state index in [0.29, 0.717) is 24.3 Å². The average molecular weight is 672 g/mol. The number of carbonyl (C=O) groups is 2. The number of anilines is 2. The van der Waals surface area contributed by atoms with Gasteiger partial charge in [0.25, 0.3) is 11.8 Å². The van der Waals surface area contributed by atoms with Crippen molar-refractivity contribution in [3.63, 3.8) is 0 Å². The summed E-state index contributed by atoms with van der Waals surface area (Å²) < 4.78 is 24.8. The monoisotopic (exact) mass is 671 g/mol. The van der Waals surface area contributed by atoms with Crippen molar-refractivity contribution in [1.29, 1.82) is 0 Å². The van der Waals surface area contributed by atoms with Crippen LogP contribution in [-0.4, -0.2) is 64.2 Å². The Balaban J connectivity index is 1.24. The minimum absolute atomic E-state index is 0.111. The first-order chi connectivity index (χ1) is 22.9. The Bertz CT molecular complexity index is 1760. The molecule has 1 aromatic heterocycles. The van der Waals surface area contributed by atoms with Crippen LogP contribution in [0.25, 0.3) is 0 Å². The highest BCUT2D eigenvalue weighted by Gasteiger charge is 2.66. The summed E-state index contributed by atoms with van der Waals surface area (Å²) in [7, 11) is -3.35. The first-order valence-corrected chi connectivity index (χ1v) is 19.3. The van der Waals surface area contributed by atoms with Crippen LogP contribution < -0.4 is 10.2 Å². The maximum atomic E-state index is 16.3. The molecule has 252 valence electrons. The van der Waals surface area contributed by atoms with Crippen LogP contribution >= 0.6 is 0 Å². The van der Waals surface area contributed by atoms with Crippen molar-refractivity contribution in [2.45, 2.75) is 75.7 Å². The van der Waals surface area contributed by atoms with Crippen LogP contribution in [0.5, 0.6) is 0 Å². The molecule has 48 heavy (non-hydrogen) atoms. The SMILES string of the molecule is C[C@H](O)C(=O)Nc1ccc(CN2C(=O)[C@]3(O[C@H](CCn4cc(C(CO)c5ccccc5)nn4)[C@@H]([Si](C)(C)F)[C@@H]3C)c3ccccc32)cc1. The predicted octanol–water partition coefficient (Wildman–Crippen LogP) is 5.13. The number of rotatable bonds is 11. The second kappa shape index (κ2) is 13.3. The lowest BCUT2D eigenvalue weighted by Gasteiger charge is -2.31. The van der Waals surface area contributed by atoms with Gasteiger partial charge < -0.3 is 29.3 Å². The van der Waals surface area contributed by atoms with Gasteiger partial charge >= 0.3 is 0 Å². The number of nitrogens with one attached hydrogen (secondary N) is 1. The summed E-state index contributed by atoms with van der Waals surface area (Å²) in [5.74, 6) is -1.46. The zero-order valence-corrected chi connectivity index (χ0v) is 28.6. The highest BCUT2D eigenvalue weighted by Crippen LogP contribution is 2.60. The van der Waals surface area contributed by atoms with E-state index in [1.165, 1.54) is 6.92 Å². The van der Waals surface area contributed by atoms with E-state index in [2.05, 4.69) is 15.6 Å². The number of halogens is 1. The molecule has 1 saturated heterocycles. The number of nitrogens with zero attached hydrogens (tertiary/aromatic N) is 4. The molecule has 1 fully saturated rings. The minimum atomic E-state index is -3.35. The van der Waals surface area contributed by atoms with Crippen LogP contribution in [0, 0.1) is 5.92 Å². The topological polar surface area (TPSA) is 130 Å². The van der Waals surface area contributed by atoms with Crippen LogP contribution in [0.4, 0.5) is 15.5 Å². The van der Waals surface area contributed by atoms with Crippen LogP contribution in [0.1, 0.15) is 48.6 Å². The molecular weight excluding hydrogens is 630 g/mol. The standard InChI is InChI=1S/C36H42FN5O5Si/c1-23-33(48(3,4)37)32(18-19-41-21-30(39-40-41)28(22-43)26-10-6-5-7-11-26)47-36(23)29-12-8-9-13-31(29)42(35(36)46)20-25-14-16-27(17-15-25)38-34(45)24(2)44/h5-17,21,23-24,28,32-33,43-44H,18-20,22H2,1-4H3,(H,38,45)/t23-,24-,28?,32+,33-,36+/m0/s1. The molecule has 0 aliphatic carbocycles. The summed E-state index contributed by atoms with van der Waals surface area (Å²) in [6.45, 7) is 7.27. The average Bonchev–Trinajstić information content (AvgIpc) is 3.72. The smallest absolute Gasteiger partial charge is 0.264 e. The van der Waals surface area contributed by atoms with Crippen molar-refractivity contribution in [2.24, 2.45) is 5.92 Å². The van der Waals surface area contributed by atoms with E-state index in [4.69, 9.17) is 4.74 Å². The molecule has 3 aromatic carbocycles. The summed E-state index contributed by atoms with van der Waals surface area (Å²) in [4.78, 5) is 28.2. The number of hydrogen-bond acceptors (Lipinski definition) is 7. The molecule has 0 saturated carbocycles. The predicted molar refractivity (Wildman–Crippen MR) is 182 cm³/mol. The van der Waals surface area contributed by atoms with E-state index in [1.54, 1.807) is 34.8 Å². The number of amides is 2. The van der Waals surface area contributed by atoms with Gasteiger partial charge in [-0.05, 0) is 55.8 Å². The molecule has 6 rings (SSSR count). The molecular formula is C36H42FN5O5Si. The van der Waals surface area contributed by atoms with E-state index in [9.17, 15) is 19.8 Å². The molecule has 1 spiro atoms. The highest BCUT2D eigenvalue weighted by atomic mass is 28.4. The number of fused-ring (bicyclic) bond motifs is 2. The van der Waals surface area contributed by atoms with E-state index in [1.807, 2.05) is 79.9 Å². The van der Waals surface area contributed by atoms with Gasteiger partial charge in [0, 0.05) is 35.5 Å². The number of aryl methyl sites for hydroxylation is 1. The van der Waals surface area contributed by atoms with E-state index in [-0.39, 0.29) is 25.0 Å². The molecule has 0 radical (unpaired) electrons. The maximum absolute atomic E-state index is 16.3. The summed E-state index contributed by atoms with van der Waals surface area (Å²) >= 11 is 0. The lowest BCUT2D eigenvalue weighted by Crippen LogP contribution is -2.45. The van der Waals surface area contributed by atoms with E-state index < -0.39 is 43.6 Å². The number of aliphatic hydroxyl groups is 2. The van der Waals surface area contributed by atoms with Crippen LogP contribution in [-0.2, 0) is 33.0 Å².